The standard InChI is InChI=1S/C100H130/c1-9-17-25-37-61-97(62-38-26-18-10-2)89-47-35-33-45-81(89)83-55-49-75(69-91(83)97)77-51-57-85-87-59-53-79(73-95(87)99(93(85)71-77,65-41-29-21-13-5)66-42-30-22-14-6)80-54-60-88-86-58-52-78(72-94(86)100(96(88)74-80,67-43-31-23-15-7)68-44-32-24-16-8)76-50-56-84-82-46-34-36-48-90(82)98(92(84)70-76,63-39-27-19-11-3)64-40-28-20-12-4/h33-36,45-60,69-74H,9-32,37-44,61-68H2,1-8H3. The van der Waals surface area contributed by atoms with Crippen molar-refractivity contribution >= 4 is 0 Å². The van der Waals surface area contributed by atoms with Gasteiger partial charge in [0.05, 0.1) is 0 Å². The van der Waals surface area contributed by atoms with Crippen molar-refractivity contribution in [2.24, 2.45) is 0 Å². The van der Waals surface area contributed by atoms with Crippen molar-refractivity contribution in [1.29, 1.82) is 0 Å². The maximum absolute atomic E-state index is 2.76. The Kier molecular flexibility index (Phi) is 25.6. The van der Waals surface area contributed by atoms with E-state index in [-0.39, 0.29) is 21.7 Å². The fraction of sp³-hybridized carbons (Fsp3) is 0.520. The molecule has 0 heteroatoms. The van der Waals surface area contributed by atoms with Crippen LogP contribution in [-0.2, 0) is 21.7 Å². The lowest BCUT2D eigenvalue weighted by Crippen LogP contribution is -2.26. The van der Waals surface area contributed by atoms with E-state index < -0.39 is 0 Å². The summed E-state index contributed by atoms with van der Waals surface area (Å²) in [5, 5.41) is 0. The highest BCUT2D eigenvalue weighted by Gasteiger charge is 2.47. The van der Waals surface area contributed by atoms with Gasteiger partial charge in [0.25, 0.3) is 0 Å². The zero-order chi connectivity index (χ0) is 69.4. The van der Waals surface area contributed by atoms with Crippen molar-refractivity contribution in [2.75, 3.05) is 0 Å². The molecule has 8 aromatic rings. The second-order valence-electron chi connectivity index (χ2n) is 32.5. The van der Waals surface area contributed by atoms with Crippen molar-refractivity contribution in [3.63, 3.8) is 0 Å². The van der Waals surface area contributed by atoms with E-state index in [9.17, 15) is 0 Å². The molecule has 530 valence electrons. The summed E-state index contributed by atoms with van der Waals surface area (Å²) in [6.07, 6.45) is 51.2. The predicted octanol–water partition coefficient (Wildman–Crippen LogP) is 31.5. The number of fused-ring (bicyclic) bond motifs is 12. The third kappa shape index (κ3) is 14.8. The van der Waals surface area contributed by atoms with Gasteiger partial charge in [-0.25, -0.2) is 0 Å². The van der Waals surface area contributed by atoms with Crippen molar-refractivity contribution < 1.29 is 0 Å². The van der Waals surface area contributed by atoms with Gasteiger partial charge >= 0.3 is 0 Å². The summed E-state index contributed by atoms with van der Waals surface area (Å²) in [6, 6.07) is 66.2. The number of hydrogen-bond acceptors (Lipinski definition) is 0. The SMILES string of the molecule is CCCCCCC1(CCCCCC)c2ccccc2-c2ccc(-c3ccc4c(c3)C(CCCCCC)(CCCCCC)c3cc(-c5ccc6c(c5)C(CCCCCC)(CCCCCC)c5cc(-c7ccc8c(c7)C(CCCCCC)(CCCCCC)c7ccccc7-8)ccc5-6)ccc3-4)cc21. The maximum Gasteiger partial charge on any atom is 0.0215 e. The molecule has 0 fully saturated rings. The van der Waals surface area contributed by atoms with Crippen LogP contribution >= 0.6 is 0 Å². The third-order valence-corrected chi connectivity index (χ3v) is 25.9. The molecule has 0 spiro atoms. The van der Waals surface area contributed by atoms with Gasteiger partial charge in [0.15, 0.2) is 0 Å². The first-order chi connectivity index (χ1) is 49.2. The molecule has 4 aliphatic rings. The lowest BCUT2D eigenvalue weighted by molar-refractivity contribution is 0.400. The van der Waals surface area contributed by atoms with Crippen LogP contribution in [0.5, 0.6) is 0 Å². The Labute approximate surface area is 610 Å². The molecule has 0 saturated heterocycles. The molecule has 0 radical (unpaired) electrons. The van der Waals surface area contributed by atoms with Gasteiger partial charge in [-0.2, -0.15) is 0 Å². The Hall–Kier alpha value is -6.24. The van der Waals surface area contributed by atoms with Crippen LogP contribution in [0.2, 0.25) is 0 Å². The minimum Gasteiger partial charge on any atom is -0.0654 e. The van der Waals surface area contributed by atoms with Crippen LogP contribution in [0.4, 0.5) is 0 Å². The normalized spacial score (nSPS) is 14.9. The summed E-state index contributed by atoms with van der Waals surface area (Å²) >= 11 is 0. The van der Waals surface area contributed by atoms with Gasteiger partial charge in [-0.1, -0.05) is 382 Å². The van der Waals surface area contributed by atoms with E-state index in [0.717, 1.165) is 0 Å². The summed E-state index contributed by atoms with van der Waals surface area (Å²) in [6.45, 7) is 19.0. The number of hydrogen-bond donors (Lipinski definition) is 0. The molecule has 0 nitrogen and oxygen atoms in total. The van der Waals surface area contributed by atoms with Crippen molar-refractivity contribution in [3.05, 3.63) is 202 Å². The molecule has 0 heterocycles. The Morgan fingerprint density at radius 1 is 0.160 bits per heavy atom. The molecule has 0 N–H and O–H groups in total. The first-order valence-corrected chi connectivity index (χ1v) is 42.3. The Bertz CT molecular complexity index is 3640. The Morgan fingerprint density at radius 3 is 0.500 bits per heavy atom. The average molecular weight is 1330 g/mol. The molecule has 0 saturated carbocycles. The highest BCUT2D eigenvalue weighted by atomic mass is 14.5. The largest absolute Gasteiger partial charge is 0.0654 e. The minimum absolute atomic E-state index is 0.0523. The van der Waals surface area contributed by atoms with E-state index in [4.69, 9.17) is 0 Å². The zero-order valence-corrected chi connectivity index (χ0v) is 64.3. The monoisotopic (exact) mass is 1330 g/mol. The first kappa shape index (κ1) is 73.5. The summed E-state index contributed by atoms with van der Waals surface area (Å²) in [4.78, 5) is 0. The highest BCUT2D eigenvalue weighted by Crippen LogP contribution is 2.61. The zero-order valence-electron chi connectivity index (χ0n) is 64.3. The summed E-state index contributed by atoms with van der Waals surface area (Å²) in [5.74, 6) is 0. The van der Waals surface area contributed by atoms with Crippen LogP contribution in [0.25, 0.3) is 77.9 Å². The van der Waals surface area contributed by atoms with E-state index >= 15 is 0 Å². The maximum atomic E-state index is 2.76. The molecule has 8 aromatic carbocycles. The van der Waals surface area contributed by atoms with Gasteiger partial charge in [0.2, 0.25) is 0 Å². The van der Waals surface area contributed by atoms with Gasteiger partial charge in [-0.15, -0.1) is 0 Å². The second-order valence-corrected chi connectivity index (χ2v) is 32.5. The quantitative estimate of drug-likeness (QED) is 0.0334. The van der Waals surface area contributed by atoms with Gasteiger partial charge in [-0.05, 0) is 210 Å². The van der Waals surface area contributed by atoms with Gasteiger partial charge in [-0.3, -0.25) is 0 Å². The molecule has 4 aliphatic carbocycles. The van der Waals surface area contributed by atoms with Crippen molar-refractivity contribution in [3.8, 4) is 77.9 Å². The summed E-state index contributed by atoms with van der Waals surface area (Å²) in [7, 11) is 0. The van der Waals surface area contributed by atoms with E-state index in [1.165, 1.54) is 335 Å². The Balaban J connectivity index is 0.958. The van der Waals surface area contributed by atoms with E-state index in [1.807, 2.05) is 0 Å². The topological polar surface area (TPSA) is 0 Å². The van der Waals surface area contributed by atoms with Crippen LogP contribution in [0.15, 0.2) is 158 Å². The minimum atomic E-state index is -0.0523. The molecule has 0 atom stereocenters. The first-order valence-electron chi connectivity index (χ1n) is 42.3. The highest BCUT2D eigenvalue weighted by molar-refractivity contribution is 5.91. The smallest absolute Gasteiger partial charge is 0.0215 e. The van der Waals surface area contributed by atoms with Gasteiger partial charge in [0.1, 0.15) is 0 Å². The molecule has 0 unspecified atom stereocenters. The third-order valence-electron chi connectivity index (χ3n) is 25.9. The van der Waals surface area contributed by atoms with Crippen LogP contribution in [0.3, 0.4) is 0 Å². The summed E-state index contributed by atoms with van der Waals surface area (Å²) < 4.78 is 0. The van der Waals surface area contributed by atoms with Gasteiger partial charge < -0.3 is 0 Å². The van der Waals surface area contributed by atoms with Crippen molar-refractivity contribution in [2.45, 2.75) is 334 Å². The van der Waals surface area contributed by atoms with Crippen LogP contribution in [0.1, 0.15) is 357 Å². The van der Waals surface area contributed by atoms with E-state index in [2.05, 4.69) is 213 Å². The number of rotatable bonds is 43. The number of benzene rings is 8. The fourth-order valence-corrected chi connectivity index (χ4v) is 20.5. The molecule has 0 amide bonds. The van der Waals surface area contributed by atoms with Crippen LogP contribution in [0, 0.1) is 0 Å². The average Bonchev–Trinajstić information content (AvgIpc) is 1.57. The molecule has 0 aromatic heterocycles. The molecule has 0 bridgehead atoms. The van der Waals surface area contributed by atoms with Crippen molar-refractivity contribution in [1.82, 2.24) is 0 Å². The van der Waals surface area contributed by atoms with Crippen LogP contribution in [-0.4, -0.2) is 0 Å². The summed E-state index contributed by atoms with van der Waals surface area (Å²) in [5.41, 5.74) is 33.2. The molecular formula is C100H130. The lowest BCUT2D eigenvalue weighted by atomic mass is 9.69. The number of unbranched alkanes of at least 4 members (excludes halogenated alkanes) is 24. The van der Waals surface area contributed by atoms with Gasteiger partial charge in [0, 0.05) is 21.7 Å². The fourth-order valence-electron chi connectivity index (χ4n) is 20.5. The van der Waals surface area contributed by atoms with E-state index in [1.54, 1.807) is 44.5 Å². The van der Waals surface area contributed by atoms with E-state index in [0.29, 0.717) is 0 Å². The predicted molar refractivity (Wildman–Crippen MR) is 438 cm³/mol. The molecule has 12 rings (SSSR count). The van der Waals surface area contributed by atoms with Crippen LogP contribution < -0.4 is 0 Å². The molecular weight excluding hydrogens is 1200 g/mol. The Morgan fingerprint density at radius 2 is 0.320 bits per heavy atom. The lowest BCUT2D eigenvalue weighted by Gasteiger charge is -2.34. The molecule has 100 heavy (non-hydrogen) atoms. The second kappa shape index (κ2) is 34.8. The molecule has 0 aliphatic heterocycles.